The van der Waals surface area contributed by atoms with Crippen LogP contribution >= 0.6 is 55.1 Å². The Balaban J connectivity index is 2.52. The molecule has 0 N–H and O–H groups in total. The largest absolute Gasteiger partial charge is 0.288 e. The lowest BCUT2D eigenvalue weighted by atomic mass is 10.00. The maximum Gasteiger partial charge on any atom is 0.196 e. The van der Waals surface area contributed by atoms with Gasteiger partial charge in [-0.05, 0) is 23.3 Å². The van der Waals surface area contributed by atoms with Crippen molar-refractivity contribution in [2.75, 3.05) is 0 Å². The van der Waals surface area contributed by atoms with Gasteiger partial charge in [0.2, 0.25) is 0 Å². The van der Waals surface area contributed by atoms with Crippen LogP contribution in [-0.2, 0) is 10.7 Å². The van der Waals surface area contributed by atoms with Crippen LogP contribution in [-0.4, -0.2) is 5.78 Å². The summed E-state index contributed by atoms with van der Waals surface area (Å²) in [6.45, 7) is 0. The quantitative estimate of drug-likeness (QED) is 0.423. The van der Waals surface area contributed by atoms with Crippen LogP contribution in [0.25, 0.3) is 0 Å². The molecule has 0 aliphatic rings. The van der Waals surface area contributed by atoms with E-state index in [1.807, 2.05) is 24.3 Å². The van der Waals surface area contributed by atoms with E-state index in [9.17, 15) is 4.79 Å². The highest BCUT2D eigenvalue weighted by Gasteiger charge is 2.18. The van der Waals surface area contributed by atoms with Crippen LogP contribution in [0.5, 0.6) is 0 Å². The third-order valence-electron chi connectivity index (χ3n) is 2.93. The summed E-state index contributed by atoms with van der Waals surface area (Å²) in [7, 11) is 0. The smallest absolute Gasteiger partial charge is 0.196 e. The highest BCUT2D eigenvalue weighted by molar-refractivity contribution is 9.08. The summed E-state index contributed by atoms with van der Waals surface area (Å²) in [5.41, 5.74) is 2.70. The third-order valence-corrected chi connectivity index (χ3v) is 5.04. The summed E-state index contributed by atoms with van der Waals surface area (Å²) in [5, 5.41) is 2.13. The molecule has 104 valence electrons. The standard InChI is InChI=1S/C15H10Br2Cl2O/c16-7-9-3-1-5-11(13(9)18)15(20)12-6-2-4-10(8-17)14(12)19/h1-6H,7-8H2. The fourth-order valence-electron chi connectivity index (χ4n) is 1.86. The molecule has 0 spiro atoms. The Bertz CT molecular complexity index is 601. The fraction of sp³-hybridized carbons (Fsp3) is 0.133. The van der Waals surface area contributed by atoms with Crippen molar-refractivity contribution in [3.8, 4) is 0 Å². The third kappa shape index (κ3) is 3.11. The normalized spacial score (nSPS) is 10.6. The van der Waals surface area contributed by atoms with E-state index >= 15 is 0 Å². The van der Waals surface area contributed by atoms with Gasteiger partial charge >= 0.3 is 0 Å². The lowest BCUT2D eigenvalue weighted by molar-refractivity contribution is 0.103. The van der Waals surface area contributed by atoms with Gasteiger partial charge in [-0.2, -0.15) is 0 Å². The predicted octanol–water partition coefficient (Wildman–Crippen LogP) is 6.01. The maximum absolute atomic E-state index is 12.6. The summed E-state index contributed by atoms with van der Waals surface area (Å²) in [6, 6.07) is 10.8. The fourth-order valence-corrected chi connectivity index (χ4v) is 3.68. The average molecular weight is 437 g/mol. The number of rotatable bonds is 4. The van der Waals surface area contributed by atoms with Gasteiger partial charge in [0.05, 0.1) is 10.0 Å². The van der Waals surface area contributed by atoms with Crippen molar-refractivity contribution in [3.63, 3.8) is 0 Å². The minimum atomic E-state index is -0.161. The molecule has 0 bridgehead atoms. The van der Waals surface area contributed by atoms with Gasteiger partial charge in [0.25, 0.3) is 0 Å². The second-order valence-corrected chi connectivity index (χ2v) is 6.03. The molecule has 0 fully saturated rings. The number of hydrogen-bond donors (Lipinski definition) is 0. The van der Waals surface area contributed by atoms with Crippen LogP contribution in [0.3, 0.4) is 0 Å². The molecule has 20 heavy (non-hydrogen) atoms. The van der Waals surface area contributed by atoms with Crippen molar-refractivity contribution in [2.24, 2.45) is 0 Å². The van der Waals surface area contributed by atoms with Crippen molar-refractivity contribution in [2.45, 2.75) is 10.7 Å². The molecule has 0 heterocycles. The van der Waals surface area contributed by atoms with Crippen molar-refractivity contribution in [1.82, 2.24) is 0 Å². The van der Waals surface area contributed by atoms with E-state index in [2.05, 4.69) is 31.9 Å². The first-order valence-electron chi connectivity index (χ1n) is 5.81. The number of hydrogen-bond acceptors (Lipinski definition) is 1. The van der Waals surface area contributed by atoms with Crippen LogP contribution < -0.4 is 0 Å². The van der Waals surface area contributed by atoms with Gasteiger partial charge < -0.3 is 0 Å². The highest BCUT2D eigenvalue weighted by Crippen LogP contribution is 2.29. The molecule has 0 aliphatic heterocycles. The van der Waals surface area contributed by atoms with E-state index in [0.717, 1.165) is 11.1 Å². The second kappa shape index (κ2) is 7.08. The summed E-state index contributed by atoms with van der Waals surface area (Å²) < 4.78 is 0. The van der Waals surface area contributed by atoms with Crippen LogP contribution in [0.15, 0.2) is 36.4 Å². The minimum Gasteiger partial charge on any atom is -0.288 e. The highest BCUT2D eigenvalue weighted by atomic mass is 79.9. The van der Waals surface area contributed by atoms with Gasteiger partial charge in [-0.15, -0.1) is 0 Å². The summed E-state index contributed by atoms with van der Waals surface area (Å²) in [4.78, 5) is 12.6. The second-order valence-electron chi connectivity index (χ2n) is 4.15. The topological polar surface area (TPSA) is 17.1 Å². The number of ketones is 1. The lowest BCUT2D eigenvalue weighted by Crippen LogP contribution is -2.05. The number of carbonyl (C=O) groups is 1. The molecule has 0 atom stereocenters. The van der Waals surface area contributed by atoms with Gasteiger partial charge in [-0.1, -0.05) is 79.3 Å². The molecule has 5 heteroatoms. The number of benzene rings is 2. The molecular weight excluding hydrogens is 427 g/mol. The first kappa shape index (κ1) is 16.0. The zero-order valence-electron chi connectivity index (χ0n) is 10.3. The monoisotopic (exact) mass is 434 g/mol. The molecule has 0 saturated heterocycles. The maximum atomic E-state index is 12.6. The molecule has 0 unspecified atom stereocenters. The van der Waals surface area contributed by atoms with Crippen molar-refractivity contribution in [1.29, 1.82) is 0 Å². The molecule has 0 radical (unpaired) electrons. The van der Waals surface area contributed by atoms with Crippen LogP contribution in [0.2, 0.25) is 10.0 Å². The molecular formula is C15H10Br2Cl2O. The number of alkyl halides is 2. The Morgan fingerprint density at radius 1 is 0.850 bits per heavy atom. The summed E-state index contributed by atoms with van der Waals surface area (Å²) in [6.07, 6.45) is 0. The molecule has 0 amide bonds. The number of halogens is 4. The summed E-state index contributed by atoms with van der Waals surface area (Å²) in [5.74, 6) is -0.161. The van der Waals surface area contributed by atoms with Crippen molar-refractivity contribution >= 4 is 60.8 Å². The van der Waals surface area contributed by atoms with E-state index in [1.165, 1.54) is 0 Å². The lowest BCUT2D eigenvalue weighted by Gasteiger charge is -2.10. The van der Waals surface area contributed by atoms with Gasteiger partial charge in [-0.25, -0.2) is 0 Å². The Kier molecular flexibility index (Phi) is 5.67. The number of carbonyl (C=O) groups excluding carboxylic acids is 1. The van der Waals surface area contributed by atoms with Gasteiger partial charge in [0, 0.05) is 21.8 Å². The van der Waals surface area contributed by atoms with Crippen LogP contribution in [0.1, 0.15) is 27.0 Å². The predicted molar refractivity (Wildman–Crippen MR) is 91.6 cm³/mol. The first-order valence-corrected chi connectivity index (χ1v) is 8.81. The van der Waals surface area contributed by atoms with Crippen molar-refractivity contribution in [3.05, 3.63) is 68.7 Å². The van der Waals surface area contributed by atoms with E-state index in [0.29, 0.717) is 31.8 Å². The molecule has 0 saturated carbocycles. The van der Waals surface area contributed by atoms with E-state index in [1.54, 1.807) is 12.1 Å². The van der Waals surface area contributed by atoms with Gasteiger partial charge in [-0.3, -0.25) is 4.79 Å². The minimum absolute atomic E-state index is 0.161. The average Bonchev–Trinajstić information content (AvgIpc) is 2.47. The Morgan fingerprint density at radius 2 is 1.25 bits per heavy atom. The van der Waals surface area contributed by atoms with Crippen molar-refractivity contribution < 1.29 is 4.79 Å². The first-order chi connectivity index (χ1) is 9.60. The van der Waals surface area contributed by atoms with Crippen LogP contribution in [0, 0.1) is 0 Å². The molecule has 2 aromatic carbocycles. The summed E-state index contributed by atoms with van der Waals surface area (Å²) >= 11 is 19.3. The molecule has 1 nitrogen and oxygen atoms in total. The van der Waals surface area contributed by atoms with Crippen LogP contribution in [0.4, 0.5) is 0 Å². The molecule has 2 aromatic rings. The van der Waals surface area contributed by atoms with Gasteiger partial charge in [0.1, 0.15) is 0 Å². The zero-order valence-corrected chi connectivity index (χ0v) is 15.0. The zero-order chi connectivity index (χ0) is 14.7. The molecule has 2 rings (SSSR count). The van der Waals surface area contributed by atoms with Gasteiger partial charge in [0.15, 0.2) is 5.78 Å². The molecule has 0 aliphatic carbocycles. The Hall–Kier alpha value is -0.350. The SMILES string of the molecule is O=C(c1cccc(CBr)c1Cl)c1cccc(CBr)c1Cl. The van der Waals surface area contributed by atoms with E-state index in [4.69, 9.17) is 23.2 Å². The van der Waals surface area contributed by atoms with E-state index < -0.39 is 0 Å². The molecule has 0 aromatic heterocycles. The Morgan fingerprint density at radius 3 is 1.60 bits per heavy atom. The Labute approximate surface area is 144 Å². The van der Waals surface area contributed by atoms with E-state index in [-0.39, 0.29) is 5.78 Å².